The molecule has 2 aromatic carbocycles. The fraction of sp³-hybridized carbons (Fsp3) is 0.111. The summed E-state index contributed by atoms with van der Waals surface area (Å²) in [5.41, 5.74) is 1.69. The molecular weight excluding hydrogens is 423 g/mol. The molecule has 0 saturated carbocycles. The zero-order valence-corrected chi connectivity index (χ0v) is 16.7. The van der Waals surface area contributed by atoms with Gasteiger partial charge in [-0.2, -0.15) is 0 Å². The standard InChI is InChI=1S/C18H14ClFN4O2S2/c19-14-5-2-6-15(20)13(14)7-8-21-17(27)23-18-22-16(10-28-18)11-3-1-4-12(9-11)24(25)26/h1-6,9-10H,7-8H2,(H2,21,22,23,27). The Hall–Kier alpha value is -2.62. The van der Waals surface area contributed by atoms with Crippen molar-refractivity contribution in [2.45, 2.75) is 6.42 Å². The smallest absolute Gasteiger partial charge is 0.270 e. The van der Waals surface area contributed by atoms with Crippen molar-refractivity contribution in [2.75, 3.05) is 11.9 Å². The van der Waals surface area contributed by atoms with Crippen LogP contribution in [0.3, 0.4) is 0 Å². The van der Waals surface area contributed by atoms with E-state index in [4.69, 9.17) is 23.8 Å². The SMILES string of the molecule is O=[N+]([O-])c1cccc(-c2csc(NC(=S)NCCc3c(F)cccc3Cl)n2)c1. The van der Waals surface area contributed by atoms with Crippen LogP contribution in [0, 0.1) is 15.9 Å². The fourth-order valence-electron chi connectivity index (χ4n) is 2.46. The molecule has 1 aromatic heterocycles. The molecule has 3 aromatic rings. The van der Waals surface area contributed by atoms with Gasteiger partial charge in [0.15, 0.2) is 10.2 Å². The van der Waals surface area contributed by atoms with Crippen molar-refractivity contribution in [1.29, 1.82) is 0 Å². The molecule has 10 heteroatoms. The van der Waals surface area contributed by atoms with Gasteiger partial charge in [-0.1, -0.05) is 29.8 Å². The van der Waals surface area contributed by atoms with E-state index in [2.05, 4.69) is 15.6 Å². The maximum absolute atomic E-state index is 13.8. The molecule has 28 heavy (non-hydrogen) atoms. The summed E-state index contributed by atoms with van der Waals surface area (Å²) in [5.74, 6) is -0.352. The van der Waals surface area contributed by atoms with E-state index < -0.39 is 4.92 Å². The molecule has 2 N–H and O–H groups in total. The van der Waals surface area contributed by atoms with Crippen LogP contribution in [0.4, 0.5) is 15.2 Å². The predicted molar refractivity (Wildman–Crippen MR) is 114 cm³/mol. The number of thiocarbonyl (C=S) groups is 1. The monoisotopic (exact) mass is 436 g/mol. The molecule has 0 unspecified atom stereocenters. The lowest BCUT2D eigenvalue weighted by atomic mass is 10.1. The van der Waals surface area contributed by atoms with Crippen molar-refractivity contribution < 1.29 is 9.31 Å². The van der Waals surface area contributed by atoms with E-state index in [1.54, 1.807) is 29.6 Å². The Morgan fingerprint density at radius 3 is 2.86 bits per heavy atom. The van der Waals surface area contributed by atoms with Gasteiger partial charge in [-0.05, 0) is 30.8 Å². The Bertz CT molecular complexity index is 1010. The first kappa shape index (κ1) is 20.1. The van der Waals surface area contributed by atoms with Gasteiger partial charge in [-0.25, -0.2) is 9.37 Å². The van der Waals surface area contributed by atoms with Crippen molar-refractivity contribution in [3.8, 4) is 11.3 Å². The lowest BCUT2D eigenvalue weighted by Crippen LogP contribution is -2.30. The maximum Gasteiger partial charge on any atom is 0.270 e. The van der Waals surface area contributed by atoms with Gasteiger partial charge in [0.25, 0.3) is 5.69 Å². The molecule has 0 bridgehead atoms. The van der Waals surface area contributed by atoms with Crippen molar-refractivity contribution >= 4 is 51.1 Å². The van der Waals surface area contributed by atoms with E-state index in [-0.39, 0.29) is 11.5 Å². The topological polar surface area (TPSA) is 80.1 Å². The fourth-order valence-corrected chi connectivity index (χ4v) is 3.70. The van der Waals surface area contributed by atoms with E-state index in [9.17, 15) is 14.5 Å². The highest BCUT2D eigenvalue weighted by Crippen LogP contribution is 2.27. The van der Waals surface area contributed by atoms with Crippen molar-refractivity contribution in [3.05, 3.63) is 74.4 Å². The molecule has 0 spiro atoms. The second kappa shape index (κ2) is 9.05. The van der Waals surface area contributed by atoms with Gasteiger partial charge >= 0.3 is 0 Å². The Kier molecular flexibility index (Phi) is 6.50. The number of benzene rings is 2. The zero-order chi connectivity index (χ0) is 20.1. The summed E-state index contributed by atoms with van der Waals surface area (Å²) in [6, 6.07) is 10.8. The van der Waals surface area contributed by atoms with Crippen molar-refractivity contribution in [1.82, 2.24) is 10.3 Å². The number of nitro groups is 1. The van der Waals surface area contributed by atoms with Crippen LogP contribution in [-0.4, -0.2) is 21.6 Å². The van der Waals surface area contributed by atoms with Crippen molar-refractivity contribution in [3.63, 3.8) is 0 Å². The summed E-state index contributed by atoms with van der Waals surface area (Å²) in [4.78, 5) is 14.8. The van der Waals surface area contributed by atoms with Gasteiger partial charge in [0.05, 0.1) is 10.6 Å². The van der Waals surface area contributed by atoms with Gasteiger partial charge in [0, 0.05) is 40.2 Å². The van der Waals surface area contributed by atoms with Crippen LogP contribution < -0.4 is 10.6 Å². The van der Waals surface area contributed by atoms with E-state index in [0.717, 1.165) is 0 Å². The van der Waals surface area contributed by atoms with Crippen LogP contribution in [0.5, 0.6) is 0 Å². The summed E-state index contributed by atoms with van der Waals surface area (Å²) in [6.07, 6.45) is 0.379. The molecule has 6 nitrogen and oxygen atoms in total. The number of non-ortho nitro benzene ring substituents is 1. The Morgan fingerprint density at radius 2 is 2.11 bits per heavy atom. The molecule has 0 aliphatic heterocycles. The Morgan fingerprint density at radius 1 is 1.32 bits per heavy atom. The average molecular weight is 437 g/mol. The summed E-state index contributed by atoms with van der Waals surface area (Å²) in [7, 11) is 0. The van der Waals surface area contributed by atoms with E-state index >= 15 is 0 Å². The molecule has 0 amide bonds. The summed E-state index contributed by atoms with van der Waals surface area (Å²) in [5, 5.41) is 19.9. The summed E-state index contributed by atoms with van der Waals surface area (Å²) >= 11 is 12.5. The van der Waals surface area contributed by atoms with Gasteiger partial charge in [0.2, 0.25) is 0 Å². The largest absolute Gasteiger partial charge is 0.362 e. The van der Waals surface area contributed by atoms with Gasteiger partial charge in [-0.3, -0.25) is 10.1 Å². The lowest BCUT2D eigenvalue weighted by Gasteiger charge is -2.09. The summed E-state index contributed by atoms with van der Waals surface area (Å²) < 4.78 is 13.8. The van der Waals surface area contributed by atoms with Crippen molar-refractivity contribution in [2.24, 2.45) is 0 Å². The first-order valence-corrected chi connectivity index (χ1v) is 9.78. The normalized spacial score (nSPS) is 10.5. The number of nitrogens with one attached hydrogen (secondary N) is 2. The van der Waals surface area contributed by atoms with Gasteiger partial charge in [0.1, 0.15) is 5.82 Å². The minimum atomic E-state index is -0.449. The minimum absolute atomic E-state index is 0.00371. The molecule has 0 aliphatic rings. The molecule has 0 saturated heterocycles. The maximum atomic E-state index is 13.8. The average Bonchev–Trinajstić information content (AvgIpc) is 3.12. The number of aromatic nitrogens is 1. The molecule has 0 aliphatic carbocycles. The number of hydrogen-bond donors (Lipinski definition) is 2. The van der Waals surface area contributed by atoms with E-state index in [0.29, 0.717) is 45.1 Å². The highest BCUT2D eigenvalue weighted by molar-refractivity contribution is 7.80. The quantitative estimate of drug-likeness (QED) is 0.320. The Labute approximate surface area is 174 Å². The first-order chi connectivity index (χ1) is 13.4. The van der Waals surface area contributed by atoms with Crippen LogP contribution >= 0.6 is 35.2 Å². The van der Waals surface area contributed by atoms with Gasteiger partial charge < -0.3 is 10.6 Å². The van der Waals surface area contributed by atoms with Crippen LogP contribution in [0.25, 0.3) is 11.3 Å². The van der Waals surface area contributed by atoms with Crippen LogP contribution in [0.15, 0.2) is 47.8 Å². The number of nitrogens with zero attached hydrogens (tertiary/aromatic N) is 2. The van der Waals surface area contributed by atoms with Gasteiger partial charge in [-0.15, -0.1) is 11.3 Å². The highest BCUT2D eigenvalue weighted by Gasteiger charge is 2.11. The highest BCUT2D eigenvalue weighted by atomic mass is 35.5. The van der Waals surface area contributed by atoms with E-state index in [1.807, 2.05) is 0 Å². The second-order valence-electron chi connectivity index (χ2n) is 5.68. The second-order valence-corrected chi connectivity index (χ2v) is 7.35. The third kappa shape index (κ3) is 5.00. The van der Waals surface area contributed by atoms with Crippen LogP contribution in [-0.2, 0) is 6.42 Å². The minimum Gasteiger partial charge on any atom is -0.362 e. The molecule has 0 atom stereocenters. The Balaban J connectivity index is 1.57. The number of thiazole rings is 1. The summed E-state index contributed by atoms with van der Waals surface area (Å²) in [6.45, 7) is 0.398. The van der Waals surface area contributed by atoms with E-state index in [1.165, 1.54) is 29.5 Å². The predicted octanol–water partition coefficient (Wildman–Crippen LogP) is 5.04. The first-order valence-electron chi connectivity index (χ1n) is 8.12. The van der Waals surface area contributed by atoms with Crippen LogP contribution in [0.1, 0.15) is 5.56 Å². The molecule has 0 radical (unpaired) electrons. The van der Waals surface area contributed by atoms with Crippen LogP contribution in [0.2, 0.25) is 5.02 Å². The third-order valence-electron chi connectivity index (χ3n) is 3.80. The number of anilines is 1. The molecule has 3 rings (SSSR count). The molecular formula is C18H14ClFN4O2S2. The number of hydrogen-bond acceptors (Lipinski definition) is 5. The third-order valence-corrected chi connectivity index (χ3v) is 5.16. The number of nitro benzene ring substituents is 1. The molecule has 144 valence electrons. The number of halogens is 2. The zero-order valence-electron chi connectivity index (χ0n) is 14.3. The number of rotatable bonds is 6. The molecule has 0 fully saturated rings. The molecule has 1 heterocycles. The lowest BCUT2D eigenvalue weighted by molar-refractivity contribution is -0.384.